The number of carbonyl (C=O) groups excluding carboxylic acids is 2. The molecule has 0 atom stereocenters. The van der Waals surface area contributed by atoms with Crippen molar-refractivity contribution in [1.29, 1.82) is 0 Å². The number of Topliss-reactive ketones (excluding diaryl/α,β-unsaturated/α-hetero) is 2. The van der Waals surface area contributed by atoms with Crippen LogP contribution < -0.4 is 0 Å². The van der Waals surface area contributed by atoms with Crippen LogP contribution in [0, 0.1) is 0 Å². The van der Waals surface area contributed by atoms with Gasteiger partial charge in [0.15, 0.2) is 12.8 Å². The van der Waals surface area contributed by atoms with Crippen LogP contribution >= 0.6 is 23.2 Å². The third kappa shape index (κ3) is 3.68. The van der Waals surface area contributed by atoms with Crippen LogP contribution in [0.4, 0.5) is 0 Å². The molecule has 0 bridgehead atoms. The second kappa shape index (κ2) is 7.81. The number of halogens is 2. The van der Waals surface area contributed by atoms with Gasteiger partial charge in [-0.2, -0.15) is 0 Å². The van der Waals surface area contributed by atoms with Crippen LogP contribution in [0.3, 0.4) is 0 Å². The van der Waals surface area contributed by atoms with E-state index < -0.39 is 11.6 Å². The van der Waals surface area contributed by atoms with Gasteiger partial charge < -0.3 is 9.47 Å². The van der Waals surface area contributed by atoms with E-state index in [1.54, 1.807) is 13.8 Å². The van der Waals surface area contributed by atoms with E-state index in [4.69, 9.17) is 32.7 Å². The van der Waals surface area contributed by atoms with Crippen LogP contribution in [0.2, 0.25) is 0 Å². The zero-order valence-electron chi connectivity index (χ0n) is 10.9. The molecule has 20 heavy (non-hydrogen) atoms. The predicted molar refractivity (Wildman–Crippen MR) is 76.0 cm³/mol. The maximum absolute atomic E-state index is 12.0. The maximum Gasteiger partial charge on any atom is 0.226 e. The van der Waals surface area contributed by atoms with Crippen molar-refractivity contribution in [3.8, 4) is 0 Å². The molecular formula is C12H12Cl2N2O4. The van der Waals surface area contributed by atoms with E-state index in [1.165, 1.54) is 0 Å². The van der Waals surface area contributed by atoms with Crippen molar-refractivity contribution >= 4 is 47.6 Å². The summed E-state index contributed by atoms with van der Waals surface area (Å²) in [6, 6.07) is 0. The summed E-state index contributed by atoms with van der Waals surface area (Å²) in [5, 5.41) is -0.724. The van der Waals surface area contributed by atoms with Crippen LogP contribution in [0.1, 0.15) is 13.8 Å². The van der Waals surface area contributed by atoms with E-state index in [2.05, 4.69) is 9.98 Å². The van der Waals surface area contributed by atoms with Crippen LogP contribution in [-0.4, -0.2) is 37.6 Å². The molecule has 0 heterocycles. The maximum atomic E-state index is 12.0. The third-order valence-electron chi connectivity index (χ3n) is 2.09. The van der Waals surface area contributed by atoms with Gasteiger partial charge in [0, 0.05) is 0 Å². The molecule has 108 valence electrons. The minimum absolute atomic E-state index is 0.273. The number of ketones is 2. The fourth-order valence-corrected chi connectivity index (χ4v) is 1.63. The van der Waals surface area contributed by atoms with Crippen molar-refractivity contribution < 1.29 is 19.1 Å². The van der Waals surface area contributed by atoms with Crippen molar-refractivity contribution in [2.75, 3.05) is 13.2 Å². The fourth-order valence-electron chi connectivity index (χ4n) is 1.18. The Morgan fingerprint density at radius 1 is 0.900 bits per heavy atom. The van der Waals surface area contributed by atoms with E-state index in [0.29, 0.717) is 13.2 Å². The first-order valence-corrected chi connectivity index (χ1v) is 6.47. The molecule has 8 heteroatoms. The Balaban J connectivity index is 3.08. The molecule has 0 aromatic heterocycles. The van der Waals surface area contributed by atoms with E-state index >= 15 is 0 Å². The fraction of sp³-hybridized carbons (Fsp3) is 0.333. The predicted octanol–water partition coefficient (Wildman–Crippen LogP) is 2.17. The minimum Gasteiger partial charge on any atom is -0.483 e. The number of ether oxygens (including phenoxy) is 2. The van der Waals surface area contributed by atoms with Gasteiger partial charge in [-0.3, -0.25) is 9.59 Å². The molecule has 1 aliphatic carbocycles. The van der Waals surface area contributed by atoms with Crippen LogP contribution in [0.15, 0.2) is 31.4 Å². The van der Waals surface area contributed by atoms with Gasteiger partial charge in [0.05, 0.1) is 13.2 Å². The molecule has 6 nitrogen and oxygen atoms in total. The Morgan fingerprint density at radius 2 is 1.25 bits per heavy atom. The molecule has 1 rings (SSSR count). The Hall–Kier alpha value is -1.66. The summed E-state index contributed by atoms with van der Waals surface area (Å²) in [6.07, 6.45) is 2.06. The van der Waals surface area contributed by atoms with E-state index in [0.717, 1.165) is 12.8 Å². The molecule has 0 aromatic rings. The molecule has 0 unspecified atom stereocenters. The highest BCUT2D eigenvalue weighted by Crippen LogP contribution is 2.30. The number of rotatable bonds is 6. The molecule has 0 saturated carbocycles. The monoisotopic (exact) mass is 318 g/mol. The first kappa shape index (κ1) is 16.4. The first-order valence-electron chi connectivity index (χ1n) is 5.71. The standard InChI is InChI=1S/C12H12Cl2N2O4/c1-3-19-5-15-9-7(13)12(18)10(8(14)11(9)17)16-6-20-4-2/h5-6H,3-4H2,1-2H3. The summed E-state index contributed by atoms with van der Waals surface area (Å²) in [4.78, 5) is 31.3. The molecule has 0 spiro atoms. The molecule has 1 aliphatic rings. The number of carbonyl (C=O) groups is 2. The average Bonchev–Trinajstić information content (AvgIpc) is 2.44. The van der Waals surface area contributed by atoms with Crippen LogP contribution in [0.25, 0.3) is 0 Å². The summed E-state index contributed by atoms with van der Waals surface area (Å²) in [5.41, 5.74) is -0.545. The molecule has 0 radical (unpaired) electrons. The molecule has 0 fully saturated rings. The van der Waals surface area contributed by atoms with Crippen molar-refractivity contribution in [2.45, 2.75) is 13.8 Å². The average molecular weight is 319 g/mol. The topological polar surface area (TPSA) is 77.3 Å². The second-order valence-electron chi connectivity index (χ2n) is 3.36. The summed E-state index contributed by atoms with van der Waals surface area (Å²) >= 11 is 11.6. The van der Waals surface area contributed by atoms with Gasteiger partial charge in [-0.1, -0.05) is 23.2 Å². The minimum atomic E-state index is -0.698. The van der Waals surface area contributed by atoms with Gasteiger partial charge in [-0.15, -0.1) is 0 Å². The highest BCUT2D eigenvalue weighted by Gasteiger charge is 2.33. The second-order valence-corrected chi connectivity index (χ2v) is 4.12. The lowest BCUT2D eigenvalue weighted by Crippen LogP contribution is -2.18. The third-order valence-corrected chi connectivity index (χ3v) is 2.79. The van der Waals surface area contributed by atoms with Gasteiger partial charge in [-0.05, 0) is 13.8 Å². The van der Waals surface area contributed by atoms with Gasteiger partial charge in [0.1, 0.15) is 21.5 Å². The normalized spacial score (nSPS) is 16.8. The Morgan fingerprint density at radius 3 is 1.55 bits per heavy atom. The number of allylic oxidation sites excluding steroid dienone is 2. The van der Waals surface area contributed by atoms with Crippen LogP contribution in [0.5, 0.6) is 0 Å². The lowest BCUT2D eigenvalue weighted by molar-refractivity contribution is -0.115. The lowest BCUT2D eigenvalue weighted by atomic mass is 10.1. The molecular weight excluding hydrogens is 307 g/mol. The Labute approximate surface area is 125 Å². The summed E-state index contributed by atoms with van der Waals surface area (Å²) < 4.78 is 9.71. The van der Waals surface area contributed by atoms with Crippen molar-refractivity contribution in [2.24, 2.45) is 9.98 Å². The summed E-state index contributed by atoms with van der Waals surface area (Å²) in [6.45, 7) is 4.21. The van der Waals surface area contributed by atoms with Crippen molar-refractivity contribution in [3.05, 3.63) is 21.5 Å². The molecule has 0 N–H and O–H groups in total. The summed E-state index contributed by atoms with van der Waals surface area (Å²) in [5.74, 6) is -1.40. The van der Waals surface area contributed by atoms with E-state index in [1.807, 2.05) is 0 Å². The highest BCUT2D eigenvalue weighted by atomic mass is 35.5. The van der Waals surface area contributed by atoms with Gasteiger partial charge in [-0.25, -0.2) is 9.98 Å². The van der Waals surface area contributed by atoms with Gasteiger partial charge >= 0.3 is 0 Å². The zero-order valence-corrected chi connectivity index (χ0v) is 12.4. The Kier molecular flexibility index (Phi) is 6.41. The van der Waals surface area contributed by atoms with Crippen LogP contribution in [-0.2, 0) is 19.1 Å². The number of hydrogen-bond acceptors (Lipinski definition) is 6. The first-order chi connectivity index (χ1) is 9.54. The largest absolute Gasteiger partial charge is 0.483 e. The molecule has 0 aliphatic heterocycles. The van der Waals surface area contributed by atoms with Gasteiger partial charge in [0.2, 0.25) is 11.6 Å². The Bertz CT molecular complexity index is 488. The number of nitrogens with zero attached hydrogens (tertiary/aromatic N) is 2. The van der Waals surface area contributed by atoms with E-state index in [-0.39, 0.29) is 21.5 Å². The van der Waals surface area contributed by atoms with Gasteiger partial charge in [0.25, 0.3) is 0 Å². The highest BCUT2D eigenvalue weighted by molar-refractivity contribution is 6.56. The number of hydrogen-bond donors (Lipinski definition) is 0. The van der Waals surface area contributed by atoms with Crippen molar-refractivity contribution in [3.63, 3.8) is 0 Å². The van der Waals surface area contributed by atoms with E-state index in [9.17, 15) is 9.59 Å². The molecule has 0 aromatic carbocycles. The SMILES string of the molecule is CCOC=NC1=C(Cl)C(=O)C(N=COCC)=C(Cl)C1=O. The van der Waals surface area contributed by atoms with Crippen molar-refractivity contribution in [1.82, 2.24) is 0 Å². The smallest absolute Gasteiger partial charge is 0.226 e. The lowest BCUT2D eigenvalue weighted by Gasteiger charge is -2.12. The molecule has 0 amide bonds. The molecule has 0 saturated heterocycles. The summed E-state index contributed by atoms with van der Waals surface area (Å²) in [7, 11) is 0. The zero-order chi connectivity index (χ0) is 15.1. The quantitative estimate of drug-likeness (QED) is 0.427. The number of aliphatic imine (C=N–C) groups is 2.